The Labute approximate surface area is 147 Å². The first-order valence-electron chi connectivity index (χ1n) is 8.29. The number of rotatable bonds is 9. The number of hydrogen-bond donors (Lipinski definition) is 3. The molecule has 1 rings (SSSR count). The molecule has 0 radical (unpaired) electrons. The summed E-state index contributed by atoms with van der Waals surface area (Å²) in [4.78, 5) is 35.2. The molecule has 1 aromatic rings. The van der Waals surface area contributed by atoms with E-state index in [1.165, 1.54) is 13.8 Å². The van der Waals surface area contributed by atoms with Gasteiger partial charge in [0.05, 0.1) is 6.61 Å². The van der Waals surface area contributed by atoms with Gasteiger partial charge >= 0.3 is 12.1 Å². The van der Waals surface area contributed by atoms with E-state index >= 15 is 0 Å². The van der Waals surface area contributed by atoms with Gasteiger partial charge in [-0.15, -0.1) is 0 Å². The zero-order valence-corrected chi connectivity index (χ0v) is 14.9. The first-order chi connectivity index (χ1) is 11.8. The highest BCUT2D eigenvalue weighted by Gasteiger charge is 2.33. The molecule has 0 fully saturated rings. The third kappa shape index (κ3) is 7.24. The van der Waals surface area contributed by atoms with Crippen LogP contribution in [0.3, 0.4) is 0 Å². The number of alkyl carbamates (subject to hydrolysis) is 1. The lowest BCUT2D eigenvalue weighted by Gasteiger charge is -2.26. The minimum atomic E-state index is -1.28. The number of hydrogen-bond acceptors (Lipinski definition) is 4. The minimum Gasteiger partial charge on any atom is -0.480 e. The highest BCUT2D eigenvalue weighted by atomic mass is 16.5. The van der Waals surface area contributed by atoms with E-state index < -0.39 is 29.6 Å². The molecule has 0 saturated carbocycles. The lowest BCUT2D eigenvalue weighted by molar-refractivity contribution is -0.142. The van der Waals surface area contributed by atoms with Crippen LogP contribution in [-0.2, 0) is 20.7 Å². The molecule has 0 aliphatic heterocycles. The zero-order chi connectivity index (χ0) is 18.9. The number of aliphatic carboxylic acids is 1. The normalized spacial score (nSPS) is 12.1. The lowest BCUT2D eigenvalue weighted by Crippen LogP contribution is -2.57. The van der Waals surface area contributed by atoms with Gasteiger partial charge in [0.15, 0.2) is 0 Å². The third-order valence-electron chi connectivity index (χ3n) is 3.66. The quantitative estimate of drug-likeness (QED) is 0.633. The second-order valence-corrected chi connectivity index (χ2v) is 6.21. The molecule has 3 N–H and O–H groups in total. The predicted octanol–water partition coefficient (Wildman–Crippen LogP) is 2.10. The number of benzene rings is 1. The van der Waals surface area contributed by atoms with Gasteiger partial charge in [-0.3, -0.25) is 4.79 Å². The molecule has 0 aliphatic carbocycles. The van der Waals surface area contributed by atoms with Crippen molar-refractivity contribution in [2.75, 3.05) is 6.61 Å². The van der Waals surface area contributed by atoms with E-state index in [9.17, 15) is 19.5 Å². The molecule has 0 heterocycles. The largest absolute Gasteiger partial charge is 0.480 e. The molecule has 0 saturated heterocycles. The van der Waals surface area contributed by atoms with Crippen molar-refractivity contribution in [1.82, 2.24) is 10.6 Å². The Morgan fingerprint density at radius 1 is 1.20 bits per heavy atom. The van der Waals surface area contributed by atoms with Crippen LogP contribution >= 0.6 is 0 Å². The summed E-state index contributed by atoms with van der Waals surface area (Å²) in [6.07, 6.45) is 0.919. The number of carbonyl (C=O) groups is 3. The standard InChI is InChI=1S/C18H26N2O5/c1-4-25-17(24)20-18(2,3)16(23)19-14(15(21)22)12-8-11-13-9-6-5-7-10-13/h5-7,9-10,14H,4,8,11-12H2,1-3H3,(H,19,23)(H,20,24)(H,21,22). The molecule has 1 unspecified atom stereocenters. The summed E-state index contributed by atoms with van der Waals surface area (Å²) in [5, 5.41) is 14.2. The van der Waals surface area contributed by atoms with Crippen LogP contribution in [0.5, 0.6) is 0 Å². The van der Waals surface area contributed by atoms with E-state index in [4.69, 9.17) is 4.74 Å². The summed E-state index contributed by atoms with van der Waals surface area (Å²) in [6.45, 7) is 4.81. The van der Waals surface area contributed by atoms with Gasteiger partial charge in [0.25, 0.3) is 0 Å². The maximum absolute atomic E-state index is 12.3. The van der Waals surface area contributed by atoms with Gasteiger partial charge < -0.3 is 20.5 Å². The average molecular weight is 350 g/mol. The molecule has 0 bridgehead atoms. The molecule has 2 amide bonds. The van der Waals surface area contributed by atoms with E-state index in [1.54, 1.807) is 6.92 Å². The summed E-state index contributed by atoms with van der Waals surface area (Å²) in [5.41, 5.74) is -0.165. The molecule has 0 aromatic heterocycles. The fourth-order valence-corrected chi connectivity index (χ4v) is 2.23. The molecular formula is C18H26N2O5. The Kier molecular flexibility index (Phi) is 7.91. The number of aryl methyl sites for hydroxylation is 1. The Hall–Kier alpha value is -2.57. The van der Waals surface area contributed by atoms with Gasteiger partial charge in [-0.2, -0.15) is 0 Å². The molecule has 1 aromatic carbocycles. The van der Waals surface area contributed by atoms with Gasteiger partial charge in [0, 0.05) is 0 Å². The molecule has 0 spiro atoms. The highest BCUT2D eigenvalue weighted by molar-refractivity contribution is 5.91. The number of nitrogens with one attached hydrogen (secondary N) is 2. The van der Waals surface area contributed by atoms with Crippen LogP contribution in [0.25, 0.3) is 0 Å². The Morgan fingerprint density at radius 3 is 2.40 bits per heavy atom. The van der Waals surface area contributed by atoms with Crippen LogP contribution in [0.1, 0.15) is 39.2 Å². The second-order valence-electron chi connectivity index (χ2n) is 6.21. The van der Waals surface area contributed by atoms with Crippen LogP contribution in [0, 0.1) is 0 Å². The van der Waals surface area contributed by atoms with E-state index in [0.29, 0.717) is 12.8 Å². The topological polar surface area (TPSA) is 105 Å². The van der Waals surface area contributed by atoms with Crippen molar-refractivity contribution in [2.24, 2.45) is 0 Å². The summed E-state index contributed by atoms with van der Waals surface area (Å²) in [5.74, 6) is -1.68. The van der Waals surface area contributed by atoms with Crippen molar-refractivity contribution in [2.45, 2.75) is 51.6 Å². The van der Waals surface area contributed by atoms with Crippen LogP contribution in [0.2, 0.25) is 0 Å². The summed E-state index contributed by atoms with van der Waals surface area (Å²) in [6, 6.07) is 8.70. The molecule has 7 nitrogen and oxygen atoms in total. The van der Waals surface area contributed by atoms with E-state index in [1.807, 2.05) is 30.3 Å². The van der Waals surface area contributed by atoms with Crippen molar-refractivity contribution < 1.29 is 24.2 Å². The molecule has 1 atom stereocenters. The zero-order valence-electron chi connectivity index (χ0n) is 14.9. The fourth-order valence-electron chi connectivity index (χ4n) is 2.23. The van der Waals surface area contributed by atoms with Crippen molar-refractivity contribution in [3.8, 4) is 0 Å². The van der Waals surface area contributed by atoms with Crippen LogP contribution in [-0.4, -0.2) is 41.3 Å². The predicted molar refractivity (Wildman–Crippen MR) is 93.2 cm³/mol. The van der Waals surface area contributed by atoms with Gasteiger partial charge in [-0.05, 0) is 45.6 Å². The van der Waals surface area contributed by atoms with Crippen LogP contribution in [0.4, 0.5) is 4.79 Å². The molecule has 25 heavy (non-hydrogen) atoms. The van der Waals surface area contributed by atoms with E-state index in [2.05, 4.69) is 10.6 Å². The maximum Gasteiger partial charge on any atom is 0.407 e. The average Bonchev–Trinajstić information content (AvgIpc) is 2.54. The van der Waals surface area contributed by atoms with Gasteiger partial charge in [-0.1, -0.05) is 30.3 Å². The third-order valence-corrected chi connectivity index (χ3v) is 3.66. The first-order valence-corrected chi connectivity index (χ1v) is 8.29. The molecule has 138 valence electrons. The van der Waals surface area contributed by atoms with Gasteiger partial charge in [-0.25, -0.2) is 9.59 Å². The second kappa shape index (κ2) is 9.66. The van der Waals surface area contributed by atoms with Crippen molar-refractivity contribution in [1.29, 1.82) is 0 Å². The Bertz CT molecular complexity index is 586. The smallest absolute Gasteiger partial charge is 0.407 e. The van der Waals surface area contributed by atoms with Crippen molar-refractivity contribution in [3.63, 3.8) is 0 Å². The summed E-state index contributed by atoms with van der Waals surface area (Å²) >= 11 is 0. The van der Waals surface area contributed by atoms with Gasteiger partial charge in [0.2, 0.25) is 5.91 Å². The fraction of sp³-hybridized carbons (Fsp3) is 0.500. The summed E-state index contributed by atoms with van der Waals surface area (Å²) < 4.78 is 4.75. The molecule has 7 heteroatoms. The van der Waals surface area contributed by atoms with Gasteiger partial charge in [0.1, 0.15) is 11.6 Å². The number of amides is 2. The van der Waals surface area contributed by atoms with Crippen LogP contribution in [0.15, 0.2) is 30.3 Å². The highest BCUT2D eigenvalue weighted by Crippen LogP contribution is 2.09. The number of ether oxygens (including phenoxy) is 1. The van der Waals surface area contributed by atoms with Crippen molar-refractivity contribution in [3.05, 3.63) is 35.9 Å². The maximum atomic E-state index is 12.3. The van der Waals surface area contributed by atoms with E-state index in [-0.39, 0.29) is 6.61 Å². The minimum absolute atomic E-state index is 0.181. The molecular weight excluding hydrogens is 324 g/mol. The SMILES string of the molecule is CCOC(=O)NC(C)(C)C(=O)NC(CCCc1ccccc1)C(=O)O. The number of carboxylic acid groups (broad SMARTS) is 1. The van der Waals surface area contributed by atoms with Crippen LogP contribution < -0.4 is 10.6 Å². The Balaban J connectivity index is 2.56. The van der Waals surface area contributed by atoms with E-state index in [0.717, 1.165) is 12.0 Å². The number of carbonyl (C=O) groups excluding carboxylic acids is 2. The first kappa shape index (κ1) is 20.5. The Morgan fingerprint density at radius 2 is 1.84 bits per heavy atom. The summed E-state index contributed by atoms with van der Waals surface area (Å²) in [7, 11) is 0. The monoisotopic (exact) mass is 350 g/mol. The van der Waals surface area contributed by atoms with Crippen molar-refractivity contribution >= 4 is 18.0 Å². The lowest BCUT2D eigenvalue weighted by atomic mass is 10.0. The number of carboxylic acids is 1. The molecule has 0 aliphatic rings.